The lowest BCUT2D eigenvalue weighted by Gasteiger charge is -2.52. The Balaban J connectivity index is 1.55. The second-order valence-corrected chi connectivity index (χ2v) is 9.30. The van der Waals surface area contributed by atoms with Gasteiger partial charge < -0.3 is 5.11 Å². The molecule has 0 radical (unpaired) electrons. The third-order valence-electron chi connectivity index (χ3n) is 5.84. The normalized spacial score (nSPS) is 32.6. The summed E-state index contributed by atoms with van der Waals surface area (Å²) in [6.07, 6.45) is 4.29. The average molecular weight is 335 g/mol. The van der Waals surface area contributed by atoms with Gasteiger partial charge in [-0.05, 0) is 24.8 Å². The van der Waals surface area contributed by atoms with Crippen molar-refractivity contribution in [1.82, 2.24) is 4.31 Å². The maximum atomic E-state index is 12.9. The van der Waals surface area contributed by atoms with Gasteiger partial charge in [0.2, 0.25) is 10.0 Å². The van der Waals surface area contributed by atoms with E-state index in [1.807, 2.05) is 30.3 Å². The second kappa shape index (κ2) is 5.05. The first-order chi connectivity index (χ1) is 11.0. The molecule has 124 valence electrons. The number of carboxylic acid groups (broad SMARTS) is 1. The maximum absolute atomic E-state index is 12.9. The summed E-state index contributed by atoms with van der Waals surface area (Å²) in [6, 6.07) is 8.78. The topological polar surface area (TPSA) is 74.7 Å². The molecule has 23 heavy (non-hydrogen) atoms. The molecule has 0 bridgehead atoms. The molecule has 0 amide bonds. The zero-order valence-electron chi connectivity index (χ0n) is 12.9. The van der Waals surface area contributed by atoms with E-state index in [2.05, 4.69) is 0 Å². The van der Waals surface area contributed by atoms with Crippen molar-refractivity contribution < 1.29 is 18.3 Å². The Morgan fingerprint density at radius 3 is 2.43 bits per heavy atom. The first-order valence-electron chi connectivity index (χ1n) is 8.24. The molecule has 1 aromatic rings. The summed E-state index contributed by atoms with van der Waals surface area (Å²) in [5, 5.41) is 9.12. The summed E-state index contributed by atoms with van der Waals surface area (Å²) in [6.45, 7) is 0.393. The molecule has 1 aliphatic heterocycles. The highest BCUT2D eigenvalue weighted by atomic mass is 32.2. The first-order valence-corrected chi connectivity index (χ1v) is 9.74. The first kappa shape index (κ1) is 15.1. The Hall–Kier alpha value is -1.40. The van der Waals surface area contributed by atoms with Crippen molar-refractivity contribution in [3.8, 4) is 0 Å². The van der Waals surface area contributed by atoms with Gasteiger partial charge >= 0.3 is 5.97 Å². The second-order valence-electron chi connectivity index (χ2n) is 7.19. The van der Waals surface area contributed by atoms with Crippen LogP contribution in [0, 0.1) is 5.41 Å². The Morgan fingerprint density at radius 1 is 1.17 bits per heavy atom. The fraction of sp³-hybridized carbons (Fsp3) is 0.588. The molecule has 1 N–H and O–H groups in total. The van der Waals surface area contributed by atoms with E-state index in [0.29, 0.717) is 13.0 Å². The van der Waals surface area contributed by atoms with Crippen molar-refractivity contribution in [2.45, 2.75) is 49.3 Å². The molecule has 1 saturated heterocycles. The molecule has 3 fully saturated rings. The highest BCUT2D eigenvalue weighted by molar-refractivity contribution is 7.90. The number of carbonyl (C=O) groups is 1. The molecule has 1 aromatic carbocycles. The van der Waals surface area contributed by atoms with E-state index in [-0.39, 0.29) is 11.3 Å². The van der Waals surface area contributed by atoms with E-state index in [4.69, 9.17) is 0 Å². The van der Waals surface area contributed by atoms with Gasteiger partial charge in [-0.15, -0.1) is 0 Å². The Labute approximate surface area is 136 Å². The summed E-state index contributed by atoms with van der Waals surface area (Å²) in [5.41, 5.74) is 0.722. The summed E-state index contributed by atoms with van der Waals surface area (Å²) >= 11 is 0. The van der Waals surface area contributed by atoms with Crippen LogP contribution in [0.2, 0.25) is 0 Å². The number of hydrogen-bond acceptors (Lipinski definition) is 3. The van der Waals surface area contributed by atoms with E-state index in [1.165, 1.54) is 4.31 Å². The third-order valence-corrected chi connectivity index (χ3v) is 8.12. The van der Waals surface area contributed by atoms with Gasteiger partial charge in [-0.25, -0.2) is 8.42 Å². The van der Waals surface area contributed by atoms with Gasteiger partial charge in [0.05, 0.1) is 5.25 Å². The van der Waals surface area contributed by atoms with Crippen molar-refractivity contribution in [2.75, 3.05) is 6.54 Å². The molecule has 3 unspecified atom stereocenters. The number of rotatable bonds is 4. The Kier molecular flexibility index (Phi) is 3.32. The van der Waals surface area contributed by atoms with Gasteiger partial charge in [0.15, 0.2) is 0 Å². The minimum absolute atomic E-state index is 0.00997. The molecule has 3 aliphatic rings. The van der Waals surface area contributed by atoms with Crippen LogP contribution < -0.4 is 0 Å². The van der Waals surface area contributed by atoms with Crippen LogP contribution in [0.15, 0.2) is 30.3 Å². The van der Waals surface area contributed by atoms with E-state index in [1.54, 1.807) is 0 Å². The third kappa shape index (κ3) is 2.22. The van der Waals surface area contributed by atoms with E-state index < -0.39 is 27.3 Å². The van der Waals surface area contributed by atoms with Crippen molar-refractivity contribution in [2.24, 2.45) is 5.41 Å². The molecular formula is C17H21NO4S. The SMILES string of the molecule is O=C(O)C1N(S(=O)(=O)C2CC2c2ccccc2)CC12CCCC2. The molecule has 3 atom stereocenters. The average Bonchev–Trinajstić information content (AvgIpc) is 3.16. The van der Waals surface area contributed by atoms with E-state index in [9.17, 15) is 18.3 Å². The molecule has 1 heterocycles. The summed E-state index contributed by atoms with van der Waals surface area (Å²) in [7, 11) is -3.53. The summed E-state index contributed by atoms with van der Waals surface area (Å²) < 4.78 is 27.0. The van der Waals surface area contributed by atoms with Crippen molar-refractivity contribution in [3.05, 3.63) is 35.9 Å². The molecule has 5 nitrogen and oxygen atoms in total. The minimum atomic E-state index is -3.53. The number of nitrogens with zero attached hydrogens (tertiary/aromatic N) is 1. The fourth-order valence-electron chi connectivity index (χ4n) is 4.54. The molecule has 2 aliphatic carbocycles. The Morgan fingerprint density at radius 2 is 1.83 bits per heavy atom. The van der Waals surface area contributed by atoms with Crippen LogP contribution in [0.3, 0.4) is 0 Å². The summed E-state index contributed by atoms with van der Waals surface area (Å²) in [4.78, 5) is 11.7. The van der Waals surface area contributed by atoms with Gasteiger partial charge in [-0.3, -0.25) is 4.79 Å². The largest absolute Gasteiger partial charge is 0.480 e. The predicted molar refractivity (Wildman–Crippen MR) is 85.5 cm³/mol. The number of benzene rings is 1. The minimum Gasteiger partial charge on any atom is -0.480 e. The molecule has 4 rings (SSSR count). The highest BCUT2D eigenvalue weighted by Gasteiger charge is 2.64. The molecule has 1 spiro atoms. The van der Waals surface area contributed by atoms with Gasteiger partial charge in [0.1, 0.15) is 6.04 Å². The lowest BCUT2D eigenvalue weighted by Crippen LogP contribution is -2.68. The monoisotopic (exact) mass is 335 g/mol. The zero-order chi connectivity index (χ0) is 16.2. The highest BCUT2D eigenvalue weighted by Crippen LogP contribution is 2.55. The lowest BCUT2D eigenvalue weighted by atomic mass is 9.72. The Bertz CT molecular complexity index is 724. The fourth-order valence-corrected chi connectivity index (χ4v) is 6.95. The zero-order valence-corrected chi connectivity index (χ0v) is 13.7. The van der Waals surface area contributed by atoms with E-state index in [0.717, 1.165) is 31.2 Å². The van der Waals surface area contributed by atoms with Gasteiger partial charge in [0.25, 0.3) is 0 Å². The van der Waals surface area contributed by atoms with Crippen LogP contribution in [-0.4, -0.2) is 41.6 Å². The predicted octanol–water partition coefficient (Wildman–Crippen LogP) is 2.20. The van der Waals surface area contributed by atoms with Crippen LogP contribution in [-0.2, 0) is 14.8 Å². The molecule has 6 heteroatoms. The van der Waals surface area contributed by atoms with Crippen LogP contribution in [0.1, 0.15) is 43.6 Å². The number of aliphatic carboxylic acids is 1. The van der Waals surface area contributed by atoms with Crippen LogP contribution >= 0.6 is 0 Å². The van der Waals surface area contributed by atoms with Gasteiger partial charge in [0, 0.05) is 17.9 Å². The van der Waals surface area contributed by atoms with Crippen LogP contribution in [0.25, 0.3) is 0 Å². The number of sulfonamides is 1. The molecule has 2 saturated carbocycles. The van der Waals surface area contributed by atoms with Crippen LogP contribution in [0.4, 0.5) is 0 Å². The van der Waals surface area contributed by atoms with E-state index >= 15 is 0 Å². The lowest BCUT2D eigenvalue weighted by molar-refractivity contribution is -0.155. The van der Waals surface area contributed by atoms with Crippen molar-refractivity contribution >= 4 is 16.0 Å². The van der Waals surface area contributed by atoms with Gasteiger partial charge in [-0.2, -0.15) is 4.31 Å². The van der Waals surface area contributed by atoms with Gasteiger partial charge in [-0.1, -0.05) is 43.2 Å². The molecular weight excluding hydrogens is 314 g/mol. The molecule has 0 aromatic heterocycles. The summed E-state index contributed by atoms with van der Waals surface area (Å²) in [5.74, 6) is -0.977. The maximum Gasteiger partial charge on any atom is 0.322 e. The standard InChI is InChI=1S/C17H21NO4S/c19-16(20)15-17(8-4-5-9-17)11-18(15)23(21,22)14-10-13(14)12-6-2-1-3-7-12/h1-3,6-7,13-15H,4-5,8-11H2,(H,19,20). The van der Waals surface area contributed by atoms with Crippen molar-refractivity contribution in [3.63, 3.8) is 0 Å². The van der Waals surface area contributed by atoms with Crippen LogP contribution in [0.5, 0.6) is 0 Å². The quantitative estimate of drug-likeness (QED) is 0.915. The number of hydrogen-bond donors (Lipinski definition) is 1. The van der Waals surface area contributed by atoms with Crippen molar-refractivity contribution in [1.29, 1.82) is 0 Å². The smallest absolute Gasteiger partial charge is 0.322 e. The number of carboxylic acids is 1.